The first-order chi connectivity index (χ1) is 11.1. The Balaban J connectivity index is 2.41. The lowest BCUT2D eigenvalue weighted by Gasteiger charge is -2.48. The number of hydrogen-bond donors (Lipinski definition) is 2. The van der Waals surface area contributed by atoms with Gasteiger partial charge in [0.15, 0.2) is 0 Å². The molecule has 24 heavy (non-hydrogen) atoms. The van der Waals surface area contributed by atoms with Crippen molar-refractivity contribution < 1.29 is 9.59 Å². The van der Waals surface area contributed by atoms with E-state index in [1.807, 2.05) is 0 Å². The molecule has 0 spiro atoms. The van der Waals surface area contributed by atoms with Crippen LogP contribution >= 0.6 is 0 Å². The Hall–Kier alpha value is -2.51. The number of amides is 2. The number of fused-ring (bicyclic) bond motifs is 1. The highest BCUT2D eigenvalue weighted by molar-refractivity contribution is 6.50. The summed E-state index contributed by atoms with van der Waals surface area (Å²) in [5.41, 5.74) is 3.52. The third kappa shape index (κ3) is 2.02. The number of hydrogen-bond acceptors (Lipinski definition) is 5. The molecule has 1 atom stereocenters. The van der Waals surface area contributed by atoms with Crippen molar-refractivity contribution in [2.75, 3.05) is 5.73 Å². The summed E-state index contributed by atoms with van der Waals surface area (Å²) in [7, 11) is 18.1. The van der Waals surface area contributed by atoms with Gasteiger partial charge in [-0.2, -0.15) is 0 Å². The number of rotatable bonds is 1. The van der Waals surface area contributed by atoms with Crippen LogP contribution in [0.3, 0.4) is 0 Å². The number of anilines is 1. The van der Waals surface area contributed by atoms with Crippen LogP contribution < -0.4 is 16.6 Å². The van der Waals surface area contributed by atoms with E-state index in [1.165, 1.54) is 13.0 Å². The normalized spacial score (nSPS) is 23.2. The molecule has 3 rings (SSSR count). The number of nitrogens with zero attached hydrogens (tertiary/aromatic N) is 2. The molecule has 7 nitrogen and oxygen atoms in total. The predicted octanol–water partition coefficient (Wildman–Crippen LogP) is -1.39. The van der Waals surface area contributed by atoms with Gasteiger partial charge >= 0.3 is 0 Å². The van der Waals surface area contributed by atoms with Crippen molar-refractivity contribution in [2.24, 2.45) is 0 Å². The van der Waals surface area contributed by atoms with E-state index in [9.17, 15) is 14.4 Å². The molecular weight excluding hydrogens is 305 g/mol. The standard InChI is InChI=1S/C14H11B3N4O3/c1-6-19-8-4-2-3-7(18)10(8)11(23)21(6)14(17)12(24)20-9(22)5-13(14,15)16/h2-4H,5,18H2,1H3,(H,20,22,24). The fraction of sp³-hybridized carbons (Fsp3) is 0.286. The van der Waals surface area contributed by atoms with Crippen molar-refractivity contribution >= 4 is 51.9 Å². The summed E-state index contributed by atoms with van der Waals surface area (Å²) < 4.78 is 0.896. The quantitative estimate of drug-likeness (QED) is 0.383. The summed E-state index contributed by atoms with van der Waals surface area (Å²) in [4.78, 5) is 41.2. The van der Waals surface area contributed by atoms with Crippen LogP contribution in [0.15, 0.2) is 23.0 Å². The van der Waals surface area contributed by atoms with Crippen LogP contribution in [0.5, 0.6) is 0 Å². The van der Waals surface area contributed by atoms with Gasteiger partial charge in [0.1, 0.15) is 13.7 Å². The first kappa shape index (κ1) is 16.4. The number of imide groups is 1. The van der Waals surface area contributed by atoms with E-state index in [-0.39, 0.29) is 16.9 Å². The van der Waals surface area contributed by atoms with E-state index in [2.05, 4.69) is 10.3 Å². The van der Waals surface area contributed by atoms with E-state index in [4.69, 9.17) is 29.3 Å². The number of nitrogens with one attached hydrogen (secondary N) is 1. The van der Waals surface area contributed by atoms with Gasteiger partial charge in [0.05, 0.1) is 32.0 Å². The van der Waals surface area contributed by atoms with Crippen LogP contribution in [-0.4, -0.2) is 44.9 Å². The summed E-state index contributed by atoms with van der Waals surface area (Å²) >= 11 is 0. The van der Waals surface area contributed by atoms with Gasteiger partial charge in [-0.3, -0.25) is 24.3 Å². The molecule has 10 heteroatoms. The average Bonchev–Trinajstić information content (AvgIpc) is 2.44. The molecule has 1 unspecified atom stereocenters. The third-order valence-corrected chi connectivity index (χ3v) is 4.21. The topological polar surface area (TPSA) is 107 Å². The van der Waals surface area contributed by atoms with Crippen LogP contribution in [-0.2, 0) is 15.0 Å². The lowest BCUT2D eigenvalue weighted by molar-refractivity contribution is -0.138. The Labute approximate surface area is 141 Å². The second-order valence-corrected chi connectivity index (χ2v) is 5.90. The summed E-state index contributed by atoms with van der Waals surface area (Å²) in [6, 6.07) is 4.78. The summed E-state index contributed by atoms with van der Waals surface area (Å²) in [5.74, 6) is -1.54. The van der Waals surface area contributed by atoms with Gasteiger partial charge in [0.2, 0.25) is 11.8 Å². The monoisotopic (exact) mass is 316 g/mol. The van der Waals surface area contributed by atoms with Crippen LogP contribution in [0.25, 0.3) is 10.9 Å². The molecule has 6 radical (unpaired) electrons. The first-order valence-corrected chi connectivity index (χ1v) is 7.09. The van der Waals surface area contributed by atoms with Gasteiger partial charge < -0.3 is 5.73 Å². The maximum Gasteiger partial charge on any atom is 0.263 e. The fourth-order valence-corrected chi connectivity index (χ4v) is 2.97. The molecule has 2 heterocycles. The van der Waals surface area contributed by atoms with Crippen molar-refractivity contribution in [3.63, 3.8) is 0 Å². The molecule has 3 N–H and O–H groups in total. The Morgan fingerprint density at radius 2 is 1.92 bits per heavy atom. The third-order valence-electron chi connectivity index (χ3n) is 4.21. The first-order valence-electron chi connectivity index (χ1n) is 7.09. The van der Waals surface area contributed by atoms with Crippen molar-refractivity contribution in [1.82, 2.24) is 14.9 Å². The van der Waals surface area contributed by atoms with Gasteiger partial charge in [0.25, 0.3) is 5.56 Å². The van der Waals surface area contributed by atoms with E-state index in [0.717, 1.165) is 4.57 Å². The minimum absolute atomic E-state index is 0.0911. The number of aromatic nitrogens is 2. The minimum Gasteiger partial charge on any atom is -0.398 e. The number of carbonyl (C=O) groups is 2. The molecule has 1 aromatic heterocycles. The Kier molecular flexibility index (Phi) is 3.40. The molecule has 114 valence electrons. The molecule has 0 aliphatic carbocycles. The second kappa shape index (κ2) is 4.99. The van der Waals surface area contributed by atoms with Crippen LogP contribution in [0.2, 0.25) is 5.21 Å². The zero-order chi connectivity index (χ0) is 17.9. The van der Waals surface area contributed by atoms with E-state index >= 15 is 0 Å². The van der Waals surface area contributed by atoms with Gasteiger partial charge in [-0.25, -0.2) is 4.98 Å². The van der Waals surface area contributed by atoms with Crippen LogP contribution in [0.1, 0.15) is 12.2 Å². The number of nitrogens with two attached hydrogens (primary N) is 1. The Morgan fingerprint density at radius 1 is 1.25 bits per heavy atom. The van der Waals surface area contributed by atoms with Crippen LogP contribution in [0.4, 0.5) is 5.69 Å². The molecule has 1 aromatic carbocycles. The lowest BCUT2D eigenvalue weighted by Crippen LogP contribution is -2.66. The smallest absolute Gasteiger partial charge is 0.263 e. The van der Waals surface area contributed by atoms with E-state index in [0.29, 0.717) is 5.52 Å². The zero-order valence-corrected chi connectivity index (χ0v) is 12.9. The molecule has 1 aliphatic rings. The van der Waals surface area contributed by atoms with E-state index in [1.54, 1.807) is 12.1 Å². The molecule has 1 saturated heterocycles. The van der Waals surface area contributed by atoms with E-state index < -0.39 is 34.4 Å². The average molecular weight is 316 g/mol. The van der Waals surface area contributed by atoms with Crippen molar-refractivity contribution in [3.05, 3.63) is 34.4 Å². The number of benzene rings is 1. The number of nitrogen functional groups attached to an aromatic ring is 1. The number of aryl methyl sites for hydroxylation is 1. The van der Waals surface area contributed by atoms with Gasteiger partial charge in [-0.05, 0) is 19.1 Å². The number of piperidine rings is 1. The summed E-state index contributed by atoms with van der Waals surface area (Å²) in [6.07, 6.45) is -0.441. The molecular formula is C14H11B3N4O3. The van der Waals surface area contributed by atoms with Crippen molar-refractivity contribution in [3.8, 4) is 0 Å². The Bertz CT molecular complexity index is 956. The lowest BCUT2D eigenvalue weighted by atomic mass is 9.37. The highest BCUT2D eigenvalue weighted by atomic mass is 16.2. The van der Waals surface area contributed by atoms with Crippen molar-refractivity contribution in [1.29, 1.82) is 0 Å². The molecule has 0 saturated carbocycles. The molecule has 2 aromatic rings. The van der Waals surface area contributed by atoms with Crippen molar-refractivity contribution in [2.45, 2.75) is 24.0 Å². The predicted molar refractivity (Wildman–Crippen MR) is 90.8 cm³/mol. The molecule has 2 amide bonds. The largest absolute Gasteiger partial charge is 0.398 e. The number of carbonyl (C=O) groups excluding carboxylic acids is 2. The molecule has 1 aliphatic heterocycles. The minimum atomic E-state index is -2.20. The highest BCUT2D eigenvalue weighted by Gasteiger charge is 2.52. The van der Waals surface area contributed by atoms with Gasteiger partial charge in [0, 0.05) is 12.1 Å². The van der Waals surface area contributed by atoms with Gasteiger partial charge in [-0.1, -0.05) is 11.3 Å². The van der Waals surface area contributed by atoms with Gasteiger partial charge in [-0.15, -0.1) is 0 Å². The summed E-state index contributed by atoms with van der Waals surface area (Å²) in [5, 5.41) is 0.164. The summed E-state index contributed by atoms with van der Waals surface area (Å²) in [6.45, 7) is 1.48. The fourth-order valence-electron chi connectivity index (χ4n) is 2.97. The zero-order valence-electron chi connectivity index (χ0n) is 12.9. The van der Waals surface area contributed by atoms with Crippen LogP contribution in [0, 0.1) is 6.92 Å². The molecule has 1 fully saturated rings. The maximum atomic E-state index is 13.0. The highest BCUT2D eigenvalue weighted by Crippen LogP contribution is 2.42. The Morgan fingerprint density at radius 3 is 2.54 bits per heavy atom. The molecule has 0 bridgehead atoms. The maximum absolute atomic E-state index is 13.0. The second-order valence-electron chi connectivity index (χ2n) is 5.90. The SMILES string of the molecule is [B]C1([B])CC(=O)NC(=O)C1([B])n1c(C)nc2cccc(N)c2c1=O.